The molecule has 0 aliphatic rings. The summed E-state index contributed by atoms with van der Waals surface area (Å²) in [6.07, 6.45) is -2.58. The van der Waals surface area contributed by atoms with Gasteiger partial charge in [0.15, 0.2) is 0 Å². The van der Waals surface area contributed by atoms with Crippen molar-refractivity contribution in [3.63, 3.8) is 0 Å². The molecule has 0 amide bonds. The fraction of sp³-hybridized carbons (Fsp3) is 0.250. The molecule has 3 rings (SSSR count). The van der Waals surface area contributed by atoms with Crippen molar-refractivity contribution in [3.8, 4) is 0 Å². The molecule has 154 valence electrons. The molecule has 0 spiro atoms. The number of halogens is 4. The van der Waals surface area contributed by atoms with Gasteiger partial charge in [-0.15, -0.1) is 0 Å². The Balaban J connectivity index is 2.07. The zero-order valence-electron chi connectivity index (χ0n) is 16.2. The molecule has 0 saturated heterocycles. The Morgan fingerprint density at radius 3 is 1.31 bits per heavy atom. The van der Waals surface area contributed by atoms with Crippen LogP contribution in [0.4, 0.5) is 13.2 Å². The third-order valence-corrected chi connectivity index (χ3v) is 15.5. The van der Waals surface area contributed by atoms with Crippen LogP contribution < -0.4 is 15.9 Å². The number of benzene rings is 3. The summed E-state index contributed by atoms with van der Waals surface area (Å²) >= 11 is 4.32. The second-order valence-corrected chi connectivity index (χ2v) is 16.4. The normalized spacial score (nSPS) is 13.6. The van der Waals surface area contributed by atoms with E-state index in [2.05, 4.69) is 51.9 Å². The van der Waals surface area contributed by atoms with Crippen LogP contribution in [0.3, 0.4) is 0 Å². The van der Waals surface area contributed by atoms with Gasteiger partial charge in [-0.05, 0) is 0 Å². The van der Waals surface area contributed by atoms with Gasteiger partial charge in [0.25, 0.3) is 0 Å². The third-order valence-electron chi connectivity index (χ3n) is 5.42. The fourth-order valence-electron chi connectivity index (χ4n) is 3.96. The van der Waals surface area contributed by atoms with E-state index in [0.29, 0.717) is 6.42 Å². The van der Waals surface area contributed by atoms with Gasteiger partial charge in [0.05, 0.1) is 0 Å². The van der Waals surface area contributed by atoms with Crippen LogP contribution in [0.2, 0.25) is 0 Å². The molecule has 0 bridgehead atoms. The topological polar surface area (TPSA) is 0 Å². The Labute approximate surface area is 178 Å². The molecular weight excluding hydrogens is 456 g/mol. The van der Waals surface area contributed by atoms with E-state index < -0.39 is 17.9 Å². The second kappa shape index (κ2) is 9.02. The first-order valence-corrected chi connectivity index (χ1v) is 14.2. The number of hydrogen-bond donors (Lipinski definition) is 0. The van der Waals surface area contributed by atoms with Gasteiger partial charge >= 0.3 is 179 Å². The van der Waals surface area contributed by atoms with E-state index in [1.54, 1.807) is 0 Å². The van der Waals surface area contributed by atoms with Crippen molar-refractivity contribution in [1.82, 2.24) is 0 Å². The molecule has 0 fully saturated rings. The Bertz CT molecular complexity index is 796. The van der Waals surface area contributed by atoms with Crippen molar-refractivity contribution in [2.24, 2.45) is 0 Å². The minimum atomic E-state index is -4.09. The van der Waals surface area contributed by atoms with E-state index >= 15 is 0 Å². The molecule has 3 aromatic rings. The van der Waals surface area contributed by atoms with Crippen LogP contribution in [0.5, 0.6) is 0 Å². The van der Waals surface area contributed by atoms with Crippen molar-refractivity contribution in [3.05, 3.63) is 91.0 Å². The van der Waals surface area contributed by atoms with Gasteiger partial charge in [0.1, 0.15) is 0 Å². The summed E-state index contributed by atoms with van der Waals surface area (Å²) in [6, 6.07) is 31.0. The van der Waals surface area contributed by atoms with Crippen LogP contribution in [-0.2, 0) is 0 Å². The summed E-state index contributed by atoms with van der Waals surface area (Å²) in [5.74, 6) is 0. The summed E-state index contributed by atoms with van der Waals surface area (Å²) in [5.41, 5.74) is 0. The van der Waals surface area contributed by atoms with E-state index in [1.807, 2.05) is 54.6 Å². The molecule has 5 heteroatoms. The molecule has 0 aliphatic heterocycles. The SMILES string of the molecule is FC(F)(F)CCCCCP(Br)(c1ccccc1)(c1ccccc1)c1ccccc1. The monoisotopic (exact) mass is 480 g/mol. The summed E-state index contributed by atoms with van der Waals surface area (Å²) in [7, 11) is 0. The maximum absolute atomic E-state index is 12.6. The summed E-state index contributed by atoms with van der Waals surface area (Å²) in [4.78, 5) is 0. The Morgan fingerprint density at radius 2 is 0.966 bits per heavy atom. The van der Waals surface area contributed by atoms with Crippen LogP contribution in [0, 0.1) is 0 Å². The Kier molecular flexibility index (Phi) is 6.86. The van der Waals surface area contributed by atoms with E-state index in [-0.39, 0.29) is 6.42 Å². The third kappa shape index (κ3) is 4.75. The predicted molar refractivity (Wildman–Crippen MR) is 123 cm³/mol. The molecule has 0 aliphatic carbocycles. The van der Waals surface area contributed by atoms with E-state index in [0.717, 1.165) is 12.6 Å². The number of rotatable bonds is 8. The number of alkyl halides is 3. The molecule has 0 radical (unpaired) electrons. The molecule has 3 aromatic carbocycles. The Hall–Kier alpha value is -1.64. The van der Waals surface area contributed by atoms with E-state index in [1.165, 1.54) is 15.9 Å². The standard InChI is InChI=1S/C24H25BrF3P/c25-29(21-13-5-1-6-14-21,22-15-7-2-8-16-22,23-17-9-3-10-18-23)20-12-4-11-19-24(26,27)28/h1-3,5-10,13-18H,4,11-12,19-20H2. The second-order valence-electron chi connectivity index (χ2n) is 7.34. The van der Waals surface area contributed by atoms with Crippen molar-refractivity contribution in [1.29, 1.82) is 0 Å². The summed E-state index contributed by atoms with van der Waals surface area (Å²) in [6.45, 7) is 0. The van der Waals surface area contributed by atoms with Gasteiger partial charge in [-0.25, -0.2) is 0 Å². The van der Waals surface area contributed by atoms with Crippen LogP contribution in [0.15, 0.2) is 91.0 Å². The Morgan fingerprint density at radius 1 is 0.586 bits per heavy atom. The van der Waals surface area contributed by atoms with Gasteiger partial charge in [-0.1, -0.05) is 0 Å². The summed E-state index contributed by atoms with van der Waals surface area (Å²) < 4.78 is 37.8. The van der Waals surface area contributed by atoms with E-state index in [4.69, 9.17) is 0 Å². The average Bonchev–Trinajstić information content (AvgIpc) is 2.74. The maximum atomic E-state index is 12.6. The average molecular weight is 481 g/mol. The first-order chi connectivity index (χ1) is 13.8. The zero-order chi connectivity index (χ0) is 20.8. The molecule has 0 N–H and O–H groups in total. The van der Waals surface area contributed by atoms with Gasteiger partial charge in [0.2, 0.25) is 0 Å². The van der Waals surface area contributed by atoms with Crippen molar-refractivity contribution in [2.75, 3.05) is 6.16 Å². The molecule has 0 heterocycles. The number of unbranched alkanes of at least 4 members (excludes halogenated alkanes) is 2. The van der Waals surface area contributed by atoms with Crippen molar-refractivity contribution in [2.45, 2.75) is 31.9 Å². The predicted octanol–water partition coefficient (Wildman–Crippen LogP) is 6.95. The van der Waals surface area contributed by atoms with Crippen molar-refractivity contribution < 1.29 is 13.2 Å². The summed E-state index contributed by atoms with van der Waals surface area (Å²) in [5, 5.41) is 0.601. The minimum absolute atomic E-state index is 0.168. The zero-order valence-corrected chi connectivity index (χ0v) is 18.6. The van der Waals surface area contributed by atoms with Gasteiger partial charge in [0, 0.05) is 0 Å². The van der Waals surface area contributed by atoms with Crippen LogP contribution in [-0.4, -0.2) is 12.3 Å². The molecule has 0 atom stereocenters. The molecule has 0 aromatic heterocycles. The van der Waals surface area contributed by atoms with Crippen LogP contribution >= 0.6 is 20.8 Å². The molecule has 29 heavy (non-hydrogen) atoms. The first kappa shape index (κ1) is 22.1. The first-order valence-electron chi connectivity index (χ1n) is 9.81. The molecular formula is C24H25BrF3P. The van der Waals surface area contributed by atoms with Crippen LogP contribution in [0.25, 0.3) is 0 Å². The van der Waals surface area contributed by atoms with Gasteiger partial charge < -0.3 is 0 Å². The fourth-order valence-corrected chi connectivity index (χ4v) is 11.7. The van der Waals surface area contributed by atoms with Crippen molar-refractivity contribution >= 4 is 36.7 Å². The van der Waals surface area contributed by atoms with Gasteiger partial charge in [-0.3, -0.25) is 0 Å². The molecule has 0 nitrogen and oxygen atoms in total. The number of hydrogen-bond acceptors (Lipinski definition) is 0. The van der Waals surface area contributed by atoms with Gasteiger partial charge in [-0.2, -0.15) is 0 Å². The molecule has 0 saturated carbocycles. The van der Waals surface area contributed by atoms with Crippen LogP contribution in [0.1, 0.15) is 25.7 Å². The van der Waals surface area contributed by atoms with E-state index in [9.17, 15) is 13.2 Å². The molecule has 0 unspecified atom stereocenters. The quantitative estimate of drug-likeness (QED) is 0.241.